The lowest BCUT2D eigenvalue weighted by molar-refractivity contribution is -0.125. The van der Waals surface area contributed by atoms with E-state index in [1.54, 1.807) is 6.07 Å². The zero-order valence-electron chi connectivity index (χ0n) is 17.8. The molecule has 2 N–H and O–H groups in total. The Bertz CT molecular complexity index is 919. The number of benzene rings is 1. The van der Waals surface area contributed by atoms with Gasteiger partial charge in [-0.05, 0) is 43.9 Å². The standard InChI is InChI=1S/C22H31N3O5S/c26-21(23-16-7-3-1-2-4-8-16)14-25-19-13-18(11-12-20(19)30-15-22(25)27)31(28,29)24-17-9-5-6-10-17/h11-13,16-17,24H,1-10,14-15H2,(H,23,26). The number of nitrogens with one attached hydrogen (secondary N) is 2. The van der Waals surface area contributed by atoms with Gasteiger partial charge in [-0.1, -0.05) is 38.5 Å². The zero-order chi connectivity index (χ0) is 21.8. The number of carbonyl (C=O) groups is 2. The number of hydrogen-bond donors (Lipinski definition) is 2. The van der Waals surface area contributed by atoms with Crippen LogP contribution < -0.4 is 19.7 Å². The Hall–Kier alpha value is -2.13. The van der Waals surface area contributed by atoms with E-state index in [4.69, 9.17) is 4.74 Å². The third-order valence-corrected chi connectivity index (χ3v) is 7.90. The van der Waals surface area contributed by atoms with E-state index in [0.717, 1.165) is 51.4 Å². The van der Waals surface area contributed by atoms with Gasteiger partial charge in [0.25, 0.3) is 5.91 Å². The maximum Gasteiger partial charge on any atom is 0.265 e. The SMILES string of the molecule is O=C(CN1C(=O)COc2ccc(S(=O)(=O)NC3CCCC3)cc21)NC1CCCCCC1. The van der Waals surface area contributed by atoms with E-state index < -0.39 is 10.0 Å². The van der Waals surface area contributed by atoms with Crippen molar-refractivity contribution in [1.29, 1.82) is 0 Å². The molecule has 4 rings (SSSR count). The minimum Gasteiger partial charge on any atom is -0.482 e. The number of anilines is 1. The number of hydrogen-bond acceptors (Lipinski definition) is 5. The molecule has 0 unspecified atom stereocenters. The highest BCUT2D eigenvalue weighted by molar-refractivity contribution is 7.89. The second kappa shape index (κ2) is 9.56. The topological polar surface area (TPSA) is 105 Å². The minimum atomic E-state index is -3.72. The molecule has 1 aliphatic heterocycles. The molecule has 8 nitrogen and oxygen atoms in total. The molecule has 0 atom stereocenters. The first-order valence-corrected chi connectivity index (χ1v) is 12.8. The van der Waals surface area contributed by atoms with Gasteiger partial charge in [0.05, 0.1) is 10.6 Å². The summed E-state index contributed by atoms with van der Waals surface area (Å²) in [5.41, 5.74) is 0.321. The van der Waals surface area contributed by atoms with E-state index in [0.29, 0.717) is 11.4 Å². The summed E-state index contributed by atoms with van der Waals surface area (Å²) in [5, 5.41) is 3.05. The fourth-order valence-electron chi connectivity index (χ4n) is 4.69. The summed E-state index contributed by atoms with van der Waals surface area (Å²) in [6.07, 6.45) is 10.2. The number of ether oxygens (including phenoxy) is 1. The molecule has 0 spiro atoms. The number of carbonyl (C=O) groups excluding carboxylic acids is 2. The van der Waals surface area contributed by atoms with Crippen molar-refractivity contribution in [2.45, 2.75) is 81.2 Å². The maximum atomic E-state index is 12.8. The number of fused-ring (bicyclic) bond motifs is 1. The summed E-state index contributed by atoms with van der Waals surface area (Å²) in [6.45, 7) is -0.318. The summed E-state index contributed by atoms with van der Waals surface area (Å²) in [4.78, 5) is 26.6. The normalized spacial score (nSPS) is 20.8. The predicted octanol–water partition coefficient (Wildman–Crippen LogP) is 2.47. The summed E-state index contributed by atoms with van der Waals surface area (Å²) >= 11 is 0. The van der Waals surface area contributed by atoms with Gasteiger partial charge in [-0.15, -0.1) is 0 Å². The van der Waals surface area contributed by atoms with Crippen LogP contribution in [0.2, 0.25) is 0 Å². The van der Waals surface area contributed by atoms with Crippen molar-refractivity contribution in [2.75, 3.05) is 18.1 Å². The monoisotopic (exact) mass is 449 g/mol. The molecule has 31 heavy (non-hydrogen) atoms. The molecular weight excluding hydrogens is 418 g/mol. The zero-order valence-corrected chi connectivity index (χ0v) is 18.6. The van der Waals surface area contributed by atoms with Crippen LogP contribution >= 0.6 is 0 Å². The summed E-state index contributed by atoms with van der Waals surface area (Å²) in [5.74, 6) is -0.186. The molecule has 1 aromatic rings. The summed E-state index contributed by atoms with van der Waals surface area (Å²) in [6, 6.07) is 4.55. The van der Waals surface area contributed by atoms with E-state index in [2.05, 4.69) is 10.0 Å². The Balaban J connectivity index is 1.50. The molecule has 1 aromatic carbocycles. The third-order valence-electron chi connectivity index (χ3n) is 6.38. The Morgan fingerprint density at radius 1 is 1.00 bits per heavy atom. The number of rotatable bonds is 6. The fourth-order valence-corrected chi connectivity index (χ4v) is 6.02. The molecule has 2 saturated carbocycles. The lowest BCUT2D eigenvalue weighted by Gasteiger charge is -2.30. The summed E-state index contributed by atoms with van der Waals surface area (Å²) in [7, 11) is -3.72. The van der Waals surface area contributed by atoms with E-state index >= 15 is 0 Å². The van der Waals surface area contributed by atoms with Crippen LogP contribution in [0.4, 0.5) is 5.69 Å². The lowest BCUT2D eigenvalue weighted by atomic mass is 10.1. The van der Waals surface area contributed by atoms with E-state index in [1.165, 1.54) is 29.9 Å². The maximum absolute atomic E-state index is 12.8. The van der Waals surface area contributed by atoms with Gasteiger partial charge in [-0.25, -0.2) is 13.1 Å². The molecule has 0 bridgehead atoms. The molecule has 0 aromatic heterocycles. The Morgan fingerprint density at radius 2 is 1.65 bits per heavy atom. The van der Waals surface area contributed by atoms with Crippen LogP contribution in [0, 0.1) is 0 Å². The highest BCUT2D eigenvalue weighted by atomic mass is 32.2. The Morgan fingerprint density at radius 3 is 2.35 bits per heavy atom. The van der Waals surface area contributed by atoms with Gasteiger partial charge in [0.2, 0.25) is 15.9 Å². The van der Waals surface area contributed by atoms with Crippen LogP contribution in [0.1, 0.15) is 64.2 Å². The number of sulfonamides is 1. The van der Waals surface area contributed by atoms with Gasteiger partial charge in [0.1, 0.15) is 12.3 Å². The van der Waals surface area contributed by atoms with Crippen molar-refractivity contribution < 1.29 is 22.7 Å². The van der Waals surface area contributed by atoms with Crippen LogP contribution in [0.15, 0.2) is 23.1 Å². The van der Waals surface area contributed by atoms with Gasteiger partial charge in [0.15, 0.2) is 6.61 Å². The first-order valence-electron chi connectivity index (χ1n) is 11.3. The van der Waals surface area contributed by atoms with Gasteiger partial charge in [-0.3, -0.25) is 14.5 Å². The first kappa shape index (κ1) is 22.1. The predicted molar refractivity (Wildman–Crippen MR) is 117 cm³/mol. The van der Waals surface area contributed by atoms with Crippen molar-refractivity contribution in [1.82, 2.24) is 10.0 Å². The highest BCUT2D eigenvalue weighted by Crippen LogP contribution is 2.34. The molecule has 2 amide bonds. The number of amides is 2. The van der Waals surface area contributed by atoms with Gasteiger partial charge < -0.3 is 10.1 Å². The molecule has 2 fully saturated rings. The molecule has 2 aliphatic carbocycles. The Kier molecular flexibility index (Phi) is 6.81. The van der Waals surface area contributed by atoms with Gasteiger partial charge in [0, 0.05) is 12.1 Å². The smallest absolute Gasteiger partial charge is 0.265 e. The van der Waals surface area contributed by atoms with Gasteiger partial charge >= 0.3 is 0 Å². The first-order chi connectivity index (χ1) is 14.9. The molecular formula is C22H31N3O5S. The average molecular weight is 450 g/mol. The van der Waals surface area contributed by atoms with Crippen molar-refractivity contribution in [3.05, 3.63) is 18.2 Å². The second-order valence-corrected chi connectivity index (χ2v) is 10.5. The van der Waals surface area contributed by atoms with Crippen LogP contribution in [-0.4, -0.2) is 45.5 Å². The highest BCUT2D eigenvalue weighted by Gasteiger charge is 2.31. The molecule has 0 radical (unpaired) electrons. The molecule has 170 valence electrons. The molecule has 3 aliphatic rings. The minimum absolute atomic E-state index is 0.0552. The second-order valence-electron chi connectivity index (χ2n) is 8.76. The van der Waals surface area contributed by atoms with Crippen molar-refractivity contribution >= 4 is 27.5 Å². The van der Waals surface area contributed by atoms with Crippen molar-refractivity contribution in [3.63, 3.8) is 0 Å². The molecule has 9 heteroatoms. The van der Waals surface area contributed by atoms with Crippen molar-refractivity contribution in [2.24, 2.45) is 0 Å². The van der Waals surface area contributed by atoms with Crippen LogP contribution in [-0.2, 0) is 19.6 Å². The van der Waals surface area contributed by atoms with Crippen molar-refractivity contribution in [3.8, 4) is 5.75 Å². The molecule has 0 saturated heterocycles. The average Bonchev–Trinajstić information content (AvgIpc) is 3.11. The number of nitrogens with zero attached hydrogens (tertiary/aromatic N) is 1. The van der Waals surface area contributed by atoms with E-state index in [-0.39, 0.29) is 41.9 Å². The van der Waals surface area contributed by atoms with E-state index in [9.17, 15) is 18.0 Å². The van der Waals surface area contributed by atoms with Crippen LogP contribution in [0.3, 0.4) is 0 Å². The molecule has 1 heterocycles. The van der Waals surface area contributed by atoms with E-state index in [1.807, 2.05) is 0 Å². The van der Waals surface area contributed by atoms with Crippen LogP contribution in [0.5, 0.6) is 5.75 Å². The fraction of sp³-hybridized carbons (Fsp3) is 0.636. The summed E-state index contributed by atoms with van der Waals surface area (Å²) < 4.78 is 33.9. The van der Waals surface area contributed by atoms with Crippen LogP contribution in [0.25, 0.3) is 0 Å². The third kappa shape index (κ3) is 5.38. The quantitative estimate of drug-likeness (QED) is 0.649. The Labute approximate surface area is 183 Å². The largest absolute Gasteiger partial charge is 0.482 e. The van der Waals surface area contributed by atoms with Gasteiger partial charge in [-0.2, -0.15) is 0 Å². The lowest BCUT2D eigenvalue weighted by Crippen LogP contribution is -2.47.